The van der Waals surface area contributed by atoms with Gasteiger partial charge >= 0.3 is 0 Å². The molecular formula is C23H30N4O. The van der Waals surface area contributed by atoms with Crippen LogP contribution in [-0.2, 0) is 0 Å². The van der Waals surface area contributed by atoms with Crippen LogP contribution in [0.1, 0.15) is 55.3 Å². The number of nitrogens with zero attached hydrogens (tertiary/aromatic N) is 3. The summed E-state index contributed by atoms with van der Waals surface area (Å²) in [6.07, 6.45) is 10.8. The molecule has 1 amide bonds. The predicted octanol–water partition coefficient (Wildman–Crippen LogP) is 4.83. The summed E-state index contributed by atoms with van der Waals surface area (Å²) in [7, 11) is 0. The van der Waals surface area contributed by atoms with Crippen LogP contribution in [0.3, 0.4) is 0 Å². The number of piperidine rings is 1. The molecule has 4 rings (SSSR count). The summed E-state index contributed by atoms with van der Waals surface area (Å²) in [5, 5.41) is 3.03. The van der Waals surface area contributed by atoms with Crippen LogP contribution in [0, 0.1) is 0 Å². The predicted molar refractivity (Wildman–Crippen MR) is 114 cm³/mol. The molecule has 28 heavy (non-hydrogen) atoms. The minimum absolute atomic E-state index is 0.0837. The lowest BCUT2D eigenvalue weighted by atomic mass is 10.1. The molecule has 1 aromatic heterocycles. The number of nitrogens with one attached hydrogen (secondary N) is 1. The van der Waals surface area contributed by atoms with E-state index >= 15 is 0 Å². The number of pyridine rings is 1. The summed E-state index contributed by atoms with van der Waals surface area (Å²) >= 11 is 0. The molecule has 2 aromatic rings. The Balaban J connectivity index is 1.37. The molecule has 0 atom stereocenters. The van der Waals surface area contributed by atoms with Crippen LogP contribution in [0.25, 0.3) is 0 Å². The normalized spacial score (nSPS) is 16.9. The van der Waals surface area contributed by atoms with Crippen LogP contribution in [0.4, 0.5) is 17.2 Å². The summed E-state index contributed by atoms with van der Waals surface area (Å²) in [4.78, 5) is 22.0. The van der Waals surface area contributed by atoms with Gasteiger partial charge in [-0.15, -0.1) is 0 Å². The first kappa shape index (κ1) is 18.9. The van der Waals surface area contributed by atoms with Crippen molar-refractivity contribution in [3.05, 3.63) is 48.2 Å². The Morgan fingerprint density at radius 2 is 1.68 bits per heavy atom. The molecule has 5 nitrogen and oxygen atoms in total. The molecule has 1 saturated heterocycles. The molecule has 0 aliphatic carbocycles. The van der Waals surface area contributed by atoms with Gasteiger partial charge in [-0.1, -0.05) is 31.4 Å². The van der Waals surface area contributed by atoms with Crippen molar-refractivity contribution in [2.24, 2.45) is 0 Å². The number of rotatable bonds is 7. The number of amides is 1. The Labute approximate surface area is 167 Å². The number of aromatic nitrogens is 1. The van der Waals surface area contributed by atoms with Gasteiger partial charge in [-0.25, -0.2) is 4.98 Å². The highest BCUT2D eigenvalue weighted by atomic mass is 16.1. The Kier molecular flexibility index (Phi) is 6.22. The van der Waals surface area contributed by atoms with Crippen molar-refractivity contribution in [1.29, 1.82) is 0 Å². The number of fused-ring (bicyclic) bond motifs is 2. The molecule has 148 valence electrons. The molecule has 0 bridgehead atoms. The number of anilines is 3. The first-order chi connectivity index (χ1) is 13.8. The summed E-state index contributed by atoms with van der Waals surface area (Å²) < 4.78 is 0. The maximum absolute atomic E-state index is 12.6. The van der Waals surface area contributed by atoms with Gasteiger partial charge in [-0.05, 0) is 69.6 Å². The summed E-state index contributed by atoms with van der Waals surface area (Å²) in [6, 6.07) is 11.7. The molecule has 5 heteroatoms. The van der Waals surface area contributed by atoms with E-state index in [0.29, 0.717) is 5.56 Å². The van der Waals surface area contributed by atoms with E-state index in [1.807, 2.05) is 30.3 Å². The molecule has 0 radical (unpaired) electrons. The van der Waals surface area contributed by atoms with Crippen LogP contribution in [0.15, 0.2) is 42.6 Å². The van der Waals surface area contributed by atoms with Crippen LogP contribution in [0.5, 0.6) is 0 Å². The second-order valence-corrected chi connectivity index (χ2v) is 7.81. The van der Waals surface area contributed by atoms with Crippen LogP contribution < -0.4 is 10.2 Å². The van der Waals surface area contributed by atoms with Crippen LogP contribution in [0.2, 0.25) is 0 Å². The topological polar surface area (TPSA) is 48.5 Å². The zero-order valence-corrected chi connectivity index (χ0v) is 16.6. The maximum atomic E-state index is 12.6. The molecule has 1 aromatic carbocycles. The number of benzene rings is 1. The van der Waals surface area contributed by atoms with Gasteiger partial charge in [-0.3, -0.25) is 4.79 Å². The number of hydrogen-bond donors (Lipinski definition) is 1. The third kappa shape index (κ3) is 4.36. The Morgan fingerprint density at radius 1 is 0.893 bits per heavy atom. The highest BCUT2D eigenvalue weighted by molar-refractivity contribution is 6.11. The molecule has 0 unspecified atom stereocenters. The quantitative estimate of drug-likeness (QED) is 0.701. The van der Waals surface area contributed by atoms with Crippen molar-refractivity contribution in [3.8, 4) is 0 Å². The van der Waals surface area contributed by atoms with Gasteiger partial charge in [0.05, 0.1) is 16.9 Å². The van der Waals surface area contributed by atoms with E-state index in [9.17, 15) is 4.79 Å². The first-order valence-electron chi connectivity index (χ1n) is 10.7. The number of carbonyl (C=O) groups is 1. The summed E-state index contributed by atoms with van der Waals surface area (Å²) in [5.41, 5.74) is 2.53. The summed E-state index contributed by atoms with van der Waals surface area (Å²) in [6.45, 7) is 4.69. The molecular weight excluding hydrogens is 348 g/mol. The fraction of sp³-hybridized carbons (Fsp3) is 0.478. The number of unbranched alkanes of at least 4 members (excludes halogenated alkanes) is 3. The molecule has 1 fully saturated rings. The number of para-hydroxylation sites is 2. The van der Waals surface area contributed by atoms with Crippen LogP contribution in [-0.4, -0.2) is 42.0 Å². The standard InChI is InChI=1S/C23H30N4O/c28-23-19-11-10-14-24-22(19)27(21-13-5-4-12-20(21)25-23)18-9-2-1-6-15-26-16-7-3-8-17-26/h4-5,10-14H,1-3,6-9,15-18H2,(H,25,28). The van der Waals surface area contributed by atoms with E-state index in [1.54, 1.807) is 6.20 Å². The number of hydrogen-bond acceptors (Lipinski definition) is 4. The van der Waals surface area contributed by atoms with Crippen molar-refractivity contribution in [2.75, 3.05) is 36.4 Å². The van der Waals surface area contributed by atoms with Gasteiger partial charge in [0.1, 0.15) is 5.82 Å². The van der Waals surface area contributed by atoms with Gasteiger partial charge in [0.15, 0.2) is 0 Å². The Hall–Kier alpha value is -2.40. The maximum Gasteiger partial charge on any atom is 0.259 e. The van der Waals surface area contributed by atoms with Gasteiger partial charge in [0.25, 0.3) is 5.91 Å². The lowest BCUT2D eigenvalue weighted by Crippen LogP contribution is -2.30. The largest absolute Gasteiger partial charge is 0.324 e. The molecule has 2 aliphatic rings. The van der Waals surface area contributed by atoms with E-state index in [0.717, 1.165) is 30.2 Å². The zero-order chi connectivity index (χ0) is 19.2. The number of carbonyl (C=O) groups excluding carboxylic acids is 1. The molecule has 1 N–H and O–H groups in total. The average Bonchev–Trinajstić information content (AvgIpc) is 2.86. The molecule has 0 saturated carbocycles. The van der Waals surface area contributed by atoms with Crippen LogP contribution >= 0.6 is 0 Å². The first-order valence-corrected chi connectivity index (χ1v) is 10.7. The average molecular weight is 379 g/mol. The van der Waals surface area contributed by atoms with E-state index in [1.165, 1.54) is 58.2 Å². The highest BCUT2D eigenvalue weighted by Gasteiger charge is 2.25. The number of likely N-dealkylation sites (tertiary alicyclic amines) is 1. The third-order valence-electron chi connectivity index (χ3n) is 5.78. The molecule has 0 spiro atoms. The van der Waals surface area contributed by atoms with Gasteiger partial charge in [0, 0.05) is 12.7 Å². The monoisotopic (exact) mass is 378 g/mol. The smallest absolute Gasteiger partial charge is 0.259 e. The van der Waals surface area contributed by atoms with Gasteiger partial charge < -0.3 is 15.1 Å². The van der Waals surface area contributed by atoms with Crippen molar-refractivity contribution in [2.45, 2.75) is 44.9 Å². The highest BCUT2D eigenvalue weighted by Crippen LogP contribution is 2.36. The third-order valence-corrected chi connectivity index (χ3v) is 5.78. The van der Waals surface area contributed by atoms with E-state index < -0.39 is 0 Å². The second kappa shape index (κ2) is 9.20. The Morgan fingerprint density at radius 3 is 2.54 bits per heavy atom. The molecule has 3 heterocycles. The fourth-order valence-electron chi connectivity index (χ4n) is 4.28. The lowest BCUT2D eigenvalue weighted by molar-refractivity contribution is 0.102. The Bertz CT molecular complexity index is 801. The van der Waals surface area contributed by atoms with Crippen molar-refractivity contribution in [3.63, 3.8) is 0 Å². The van der Waals surface area contributed by atoms with E-state index in [-0.39, 0.29) is 5.91 Å². The van der Waals surface area contributed by atoms with Crippen molar-refractivity contribution < 1.29 is 4.79 Å². The molecule has 2 aliphatic heterocycles. The van der Waals surface area contributed by atoms with Crippen molar-refractivity contribution in [1.82, 2.24) is 9.88 Å². The van der Waals surface area contributed by atoms with E-state index in [4.69, 9.17) is 0 Å². The van der Waals surface area contributed by atoms with Gasteiger partial charge in [-0.2, -0.15) is 0 Å². The zero-order valence-electron chi connectivity index (χ0n) is 16.6. The SMILES string of the molecule is O=C1Nc2ccccc2N(CCCCCCN2CCCCC2)c2ncccc21. The summed E-state index contributed by atoms with van der Waals surface area (Å²) in [5.74, 6) is 0.679. The fourth-order valence-corrected chi connectivity index (χ4v) is 4.28. The van der Waals surface area contributed by atoms with E-state index in [2.05, 4.69) is 26.2 Å². The minimum atomic E-state index is -0.0837. The lowest BCUT2D eigenvalue weighted by Gasteiger charge is -2.26. The van der Waals surface area contributed by atoms with Crippen molar-refractivity contribution >= 4 is 23.1 Å². The second-order valence-electron chi connectivity index (χ2n) is 7.81. The minimum Gasteiger partial charge on any atom is -0.324 e. The van der Waals surface area contributed by atoms with Gasteiger partial charge in [0.2, 0.25) is 0 Å².